The summed E-state index contributed by atoms with van der Waals surface area (Å²) in [6.45, 7) is 0. The van der Waals surface area contributed by atoms with Crippen molar-refractivity contribution < 1.29 is 35.1 Å². The predicted octanol–water partition coefficient (Wildman–Crippen LogP) is 4.38. The normalized spacial score (nSPS) is 14.7. The monoisotopic (exact) mass is 307 g/mol. The molecule has 1 aromatic rings. The molecule has 0 saturated carbocycles. The van der Waals surface area contributed by atoms with E-state index in [0.717, 1.165) is 0 Å². The van der Waals surface area contributed by atoms with Crippen LogP contribution in [0.4, 0.5) is 35.1 Å². The molecule has 0 aliphatic heterocycles. The lowest BCUT2D eigenvalue weighted by Gasteiger charge is -2.20. The van der Waals surface area contributed by atoms with E-state index in [1.165, 1.54) is 0 Å². The Kier molecular flexibility index (Phi) is 4.62. The van der Waals surface area contributed by atoms with Crippen molar-refractivity contribution in [3.8, 4) is 0 Å². The number of alkyl halides is 8. The van der Waals surface area contributed by atoms with E-state index >= 15 is 0 Å². The third kappa shape index (κ3) is 4.06. The van der Waals surface area contributed by atoms with Crippen molar-refractivity contribution in [2.75, 3.05) is 0 Å². The van der Waals surface area contributed by atoms with Gasteiger partial charge in [0.05, 0.1) is 11.1 Å². The summed E-state index contributed by atoms with van der Waals surface area (Å²) in [7, 11) is 0. The molecule has 0 aromatic heterocycles. The maximum atomic E-state index is 12.7. The Bertz CT molecular complexity index is 462. The summed E-state index contributed by atoms with van der Waals surface area (Å²) in [4.78, 5) is 0. The number of nitrogens with two attached hydrogens (primary N) is 1. The van der Waals surface area contributed by atoms with Gasteiger partial charge in [0.15, 0.2) is 0 Å². The van der Waals surface area contributed by atoms with Gasteiger partial charge >= 0.3 is 12.4 Å². The van der Waals surface area contributed by atoms with Crippen LogP contribution in [0.5, 0.6) is 0 Å². The number of hydrogen-bond donors (Lipinski definition) is 1. The summed E-state index contributed by atoms with van der Waals surface area (Å²) in [5.74, 6) is 0. The Morgan fingerprint density at radius 1 is 0.950 bits per heavy atom. The largest absolute Gasteiger partial charge is 0.416 e. The summed E-state index contributed by atoms with van der Waals surface area (Å²) in [5.41, 5.74) is 1.24. The molecular weight excluding hydrogens is 298 g/mol. The highest BCUT2D eigenvalue weighted by Crippen LogP contribution is 2.39. The molecule has 0 heterocycles. The maximum Gasteiger partial charge on any atom is 0.416 e. The van der Waals surface area contributed by atoms with Gasteiger partial charge in [0, 0.05) is 12.5 Å². The fourth-order valence-electron chi connectivity index (χ4n) is 1.62. The summed E-state index contributed by atoms with van der Waals surface area (Å²) in [6, 6.07) is -0.955. The van der Waals surface area contributed by atoms with Crippen LogP contribution >= 0.6 is 0 Å². The van der Waals surface area contributed by atoms with Gasteiger partial charge in [0.2, 0.25) is 6.43 Å². The fraction of sp³-hybridized carbons (Fsp3) is 0.455. The smallest absolute Gasteiger partial charge is 0.324 e. The Morgan fingerprint density at radius 2 is 1.50 bits per heavy atom. The van der Waals surface area contributed by atoms with Crippen LogP contribution in [-0.2, 0) is 12.4 Å². The van der Waals surface area contributed by atoms with Gasteiger partial charge in [0.25, 0.3) is 0 Å². The van der Waals surface area contributed by atoms with Crippen molar-refractivity contribution in [2.24, 2.45) is 5.73 Å². The highest BCUT2D eigenvalue weighted by molar-refractivity contribution is 5.37. The second-order valence-electron chi connectivity index (χ2n) is 4.03. The molecule has 0 spiro atoms. The van der Waals surface area contributed by atoms with Gasteiger partial charge in [-0.15, -0.1) is 0 Å². The molecule has 0 fully saturated rings. The first-order valence-electron chi connectivity index (χ1n) is 5.25. The number of hydrogen-bond acceptors (Lipinski definition) is 1. The zero-order valence-corrected chi connectivity index (χ0v) is 9.69. The molecular formula is C11H9F8N. The predicted molar refractivity (Wildman–Crippen MR) is 54.0 cm³/mol. The minimum Gasteiger partial charge on any atom is -0.324 e. The fourth-order valence-corrected chi connectivity index (χ4v) is 1.62. The van der Waals surface area contributed by atoms with E-state index in [-0.39, 0.29) is 6.07 Å². The molecule has 0 saturated heterocycles. The molecule has 0 unspecified atom stereocenters. The van der Waals surface area contributed by atoms with Crippen molar-refractivity contribution in [3.05, 3.63) is 34.9 Å². The Labute approximate surface area is 108 Å². The molecule has 114 valence electrons. The zero-order valence-electron chi connectivity index (χ0n) is 9.69. The van der Waals surface area contributed by atoms with Crippen LogP contribution in [-0.4, -0.2) is 6.43 Å². The minimum atomic E-state index is -5.11. The van der Waals surface area contributed by atoms with E-state index in [4.69, 9.17) is 5.73 Å². The topological polar surface area (TPSA) is 26.0 Å². The third-order valence-corrected chi connectivity index (χ3v) is 2.52. The van der Waals surface area contributed by atoms with Gasteiger partial charge in [-0.1, -0.05) is 6.07 Å². The lowest BCUT2D eigenvalue weighted by atomic mass is 9.96. The number of rotatable bonds is 3. The van der Waals surface area contributed by atoms with Crippen LogP contribution < -0.4 is 5.73 Å². The van der Waals surface area contributed by atoms with E-state index in [2.05, 4.69) is 0 Å². The molecule has 1 nitrogen and oxygen atoms in total. The average Bonchev–Trinajstić information content (AvgIpc) is 2.24. The van der Waals surface area contributed by atoms with Crippen molar-refractivity contribution in [3.63, 3.8) is 0 Å². The number of benzene rings is 1. The van der Waals surface area contributed by atoms with Crippen LogP contribution in [0, 0.1) is 0 Å². The molecule has 0 bridgehead atoms. The number of halogens is 8. The van der Waals surface area contributed by atoms with Crippen LogP contribution in [0.2, 0.25) is 0 Å². The highest BCUT2D eigenvalue weighted by Gasteiger charge is 2.39. The zero-order chi connectivity index (χ0) is 15.7. The summed E-state index contributed by atoms with van der Waals surface area (Å²) < 4.78 is 99.5. The summed E-state index contributed by atoms with van der Waals surface area (Å²) in [5, 5.41) is 0. The Balaban J connectivity index is 3.32. The van der Waals surface area contributed by atoms with E-state index in [1.54, 1.807) is 0 Å². The summed E-state index contributed by atoms with van der Waals surface area (Å²) in [6.07, 6.45) is -14.1. The molecule has 0 aliphatic rings. The van der Waals surface area contributed by atoms with Crippen molar-refractivity contribution in [2.45, 2.75) is 31.2 Å². The first-order valence-corrected chi connectivity index (χ1v) is 5.25. The van der Waals surface area contributed by atoms with Crippen molar-refractivity contribution in [1.29, 1.82) is 0 Å². The van der Waals surface area contributed by atoms with Gasteiger partial charge in [-0.05, 0) is 17.7 Å². The maximum absolute atomic E-state index is 12.7. The van der Waals surface area contributed by atoms with Crippen LogP contribution in [0.3, 0.4) is 0 Å². The molecule has 1 atom stereocenters. The second-order valence-corrected chi connectivity index (χ2v) is 4.03. The van der Waals surface area contributed by atoms with E-state index < -0.39 is 47.9 Å². The highest BCUT2D eigenvalue weighted by atomic mass is 19.4. The molecule has 20 heavy (non-hydrogen) atoms. The molecule has 0 radical (unpaired) electrons. The minimum absolute atomic E-state index is 0.124. The lowest BCUT2D eigenvalue weighted by Crippen LogP contribution is -2.21. The molecule has 0 amide bonds. The Hall–Kier alpha value is -1.38. The van der Waals surface area contributed by atoms with Crippen LogP contribution in [0.15, 0.2) is 18.2 Å². The van der Waals surface area contributed by atoms with Crippen LogP contribution in [0.25, 0.3) is 0 Å². The molecule has 2 N–H and O–H groups in total. The first-order chi connectivity index (χ1) is 8.93. The summed E-state index contributed by atoms with van der Waals surface area (Å²) >= 11 is 0. The molecule has 0 aliphatic carbocycles. The standard InChI is InChI=1S/C11H9F8N/c12-9(13)4-8(20)6-2-1-5(10(14,15)16)3-7(6)11(17,18)19/h1-3,8-9H,4,20H2/t8-/m1/s1. The molecule has 1 rings (SSSR count). The van der Waals surface area contributed by atoms with Gasteiger partial charge in [-0.25, -0.2) is 8.78 Å². The quantitative estimate of drug-likeness (QED) is 0.824. The second kappa shape index (κ2) is 5.55. The van der Waals surface area contributed by atoms with E-state index in [1.807, 2.05) is 0 Å². The lowest BCUT2D eigenvalue weighted by molar-refractivity contribution is -0.143. The van der Waals surface area contributed by atoms with Gasteiger partial charge < -0.3 is 5.73 Å². The van der Waals surface area contributed by atoms with Gasteiger partial charge in [0.1, 0.15) is 0 Å². The third-order valence-electron chi connectivity index (χ3n) is 2.52. The van der Waals surface area contributed by atoms with Gasteiger partial charge in [-0.3, -0.25) is 0 Å². The Morgan fingerprint density at radius 3 is 1.90 bits per heavy atom. The van der Waals surface area contributed by atoms with Gasteiger partial charge in [-0.2, -0.15) is 26.3 Å². The average molecular weight is 307 g/mol. The first kappa shape index (κ1) is 16.7. The molecule has 9 heteroatoms. The van der Waals surface area contributed by atoms with E-state index in [0.29, 0.717) is 12.1 Å². The SMILES string of the molecule is N[C@H](CC(F)F)c1ccc(C(F)(F)F)cc1C(F)(F)F. The van der Waals surface area contributed by atoms with E-state index in [9.17, 15) is 35.1 Å². The van der Waals surface area contributed by atoms with Crippen LogP contribution in [0.1, 0.15) is 29.2 Å². The van der Waals surface area contributed by atoms with Crippen molar-refractivity contribution >= 4 is 0 Å². The van der Waals surface area contributed by atoms with Crippen molar-refractivity contribution in [1.82, 2.24) is 0 Å². The molecule has 1 aromatic carbocycles.